The summed E-state index contributed by atoms with van der Waals surface area (Å²) >= 11 is 0. The fraction of sp³-hybridized carbons (Fsp3) is 0.400. The molecular formula is C10H13O2P. The minimum atomic E-state index is 0.135. The zero-order chi connectivity index (χ0) is 9.84. The molecule has 0 spiro atoms. The largest absolute Gasteiger partial charge is 0.496 e. The summed E-state index contributed by atoms with van der Waals surface area (Å²) in [4.78, 5) is 0. The quantitative estimate of drug-likeness (QED) is 0.694. The highest BCUT2D eigenvalue weighted by Crippen LogP contribution is 2.27. The first-order valence-electron chi connectivity index (χ1n) is 4.12. The standard InChI is InChI=1S/C10H13O2P/c1-7-4-8(2)10(12-3)9(5-7)6-13-11/h4-5H,6H2,1-3H3. The molecule has 0 aliphatic heterocycles. The lowest BCUT2D eigenvalue weighted by molar-refractivity contribution is 0.408. The number of ether oxygens (including phenoxy) is 1. The monoisotopic (exact) mass is 196 g/mol. The van der Waals surface area contributed by atoms with E-state index in [2.05, 4.69) is 6.07 Å². The average molecular weight is 196 g/mol. The maximum Gasteiger partial charge on any atom is 0.160 e. The minimum absolute atomic E-state index is 0.135. The van der Waals surface area contributed by atoms with Crippen LogP contribution in [0.25, 0.3) is 0 Å². The summed E-state index contributed by atoms with van der Waals surface area (Å²) in [6.07, 6.45) is 0.520. The maximum absolute atomic E-state index is 10.5. The van der Waals surface area contributed by atoms with Crippen LogP contribution in [0.4, 0.5) is 0 Å². The van der Waals surface area contributed by atoms with Gasteiger partial charge in [0.25, 0.3) is 0 Å². The zero-order valence-corrected chi connectivity index (χ0v) is 9.02. The Morgan fingerprint density at radius 1 is 1.38 bits per heavy atom. The molecule has 0 heterocycles. The number of methoxy groups -OCH3 is 1. The lowest BCUT2D eigenvalue weighted by atomic mass is 10.1. The Morgan fingerprint density at radius 2 is 2.08 bits per heavy atom. The Balaban J connectivity index is 3.20. The molecule has 0 aliphatic rings. The van der Waals surface area contributed by atoms with Crippen molar-refractivity contribution in [1.29, 1.82) is 0 Å². The number of aryl methyl sites for hydroxylation is 2. The molecule has 0 radical (unpaired) electrons. The Kier molecular flexibility index (Phi) is 3.44. The van der Waals surface area contributed by atoms with Crippen LogP contribution in [0.3, 0.4) is 0 Å². The molecule has 0 bridgehead atoms. The first-order chi connectivity index (χ1) is 6.19. The molecule has 0 amide bonds. The average Bonchev–Trinajstić information content (AvgIpc) is 2.04. The van der Waals surface area contributed by atoms with Crippen LogP contribution in [0.1, 0.15) is 16.7 Å². The number of hydrogen-bond acceptors (Lipinski definition) is 2. The second-order valence-corrected chi connectivity index (χ2v) is 3.64. The van der Waals surface area contributed by atoms with E-state index in [0.29, 0.717) is 6.16 Å². The van der Waals surface area contributed by atoms with Gasteiger partial charge in [0.15, 0.2) is 8.46 Å². The van der Waals surface area contributed by atoms with Gasteiger partial charge in [-0.15, -0.1) is 0 Å². The van der Waals surface area contributed by atoms with Crippen molar-refractivity contribution in [2.24, 2.45) is 0 Å². The van der Waals surface area contributed by atoms with E-state index in [0.717, 1.165) is 16.9 Å². The SMILES string of the molecule is COc1c(C)cc(C)cc1CP=O. The molecule has 1 aromatic carbocycles. The molecule has 0 aliphatic carbocycles. The van der Waals surface area contributed by atoms with Crippen LogP contribution in [0.2, 0.25) is 0 Å². The normalized spacial score (nSPS) is 10.4. The van der Waals surface area contributed by atoms with Gasteiger partial charge in [0.1, 0.15) is 5.75 Å². The van der Waals surface area contributed by atoms with Crippen molar-refractivity contribution in [1.82, 2.24) is 0 Å². The van der Waals surface area contributed by atoms with Crippen LogP contribution in [-0.2, 0) is 10.7 Å². The van der Waals surface area contributed by atoms with E-state index in [1.54, 1.807) is 7.11 Å². The third kappa shape index (κ3) is 2.28. The van der Waals surface area contributed by atoms with Gasteiger partial charge in [0.05, 0.1) is 13.3 Å². The molecule has 2 nitrogen and oxygen atoms in total. The summed E-state index contributed by atoms with van der Waals surface area (Å²) in [6, 6.07) is 4.07. The molecule has 0 unspecified atom stereocenters. The summed E-state index contributed by atoms with van der Waals surface area (Å²) in [7, 11) is 1.78. The topological polar surface area (TPSA) is 26.3 Å². The van der Waals surface area contributed by atoms with E-state index in [1.807, 2.05) is 19.9 Å². The van der Waals surface area contributed by atoms with Crippen LogP contribution < -0.4 is 4.74 Å². The third-order valence-corrected chi connectivity index (χ3v) is 2.40. The van der Waals surface area contributed by atoms with Gasteiger partial charge in [-0.3, -0.25) is 4.57 Å². The number of benzene rings is 1. The first-order valence-corrected chi connectivity index (χ1v) is 5.12. The smallest absolute Gasteiger partial charge is 0.160 e. The van der Waals surface area contributed by atoms with E-state index in [-0.39, 0.29) is 8.46 Å². The molecule has 0 atom stereocenters. The molecular weight excluding hydrogens is 183 g/mol. The van der Waals surface area contributed by atoms with Gasteiger partial charge in [-0.05, 0) is 19.4 Å². The van der Waals surface area contributed by atoms with Crippen LogP contribution in [-0.4, -0.2) is 7.11 Å². The van der Waals surface area contributed by atoms with Gasteiger partial charge < -0.3 is 4.74 Å². The van der Waals surface area contributed by atoms with Gasteiger partial charge >= 0.3 is 0 Å². The first kappa shape index (κ1) is 10.2. The molecule has 1 aromatic rings. The molecule has 0 saturated carbocycles. The van der Waals surface area contributed by atoms with E-state index in [9.17, 15) is 4.57 Å². The maximum atomic E-state index is 10.5. The van der Waals surface area contributed by atoms with Gasteiger partial charge in [0.2, 0.25) is 0 Å². The predicted molar refractivity (Wildman–Crippen MR) is 53.8 cm³/mol. The second-order valence-electron chi connectivity index (χ2n) is 3.06. The lowest BCUT2D eigenvalue weighted by Gasteiger charge is -2.10. The predicted octanol–water partition coefficient (Wildman–Crippen LogP) is 3.10. The van der Waals surface area contributed by atoms with E-state index < -0.39 is 0 Å². The Morgan fingerprint density at radius 3 is 2.62 bits per heavy atom. The van der Waals surface area contributed by atoms with Crippen molar-refractivity contribution < 1.29 is 9.30 Å². The van der Waals surface area contributed by atoms with Gasteiger partial charge in [0, 0.05) is 5.56 Å². The van der Waals surface area contributed by atoms with Gasteiger partial charge in [-0.25, -0.2) is 0 Å². The molecule has 0 fully saturated rings. The highest BCUT2D eigenvalue weighted by Gasteiger charge is 2.06. The van der Waals surface area contributed by atoms with Gasteiger partial charge in [-0.1, -0.05) is 17.7 Å². The molecule has 0 saturated heterocycles. The molecule has 0 aromatic heterocycles. The summed E-state index contributed by atoms with van der Waals surface area (Å²) < 4.78 is 15.7. The Labute approximate surface area is 80.1 Å². The van der Waals surface area contributed by atoms with Crippen LogP contribution in [0.15, 0.2) is 12.1 Å². The zero-order valence-electron chi connectivity index (χ0n) is 8.13. The molecule has 1 rings (SSSR count). The second kappa shape index (κ2) is 4.38. The van der Waals surface area contributed by atoms with Crippen LogP contribution in [0.5, 0.6) is 5.75 Å². The van der Waals surface area contributed by atoms with Crippen LogP contribution in [0, 0.1) is 13.8 Å². The van der Waals surface area contributed by atoms with Crippen molar-refractivity contribution >= 4 is 8.46 Å². The third-order valence-electron chi connectivity index (χ3n) is 1.93. The number of hydrogen-bond donors (Lipinski definition) is 0. The van der Waals surface area contributed by atoms with E-state index in [4.69, 9.17) is 4.74 Å². The van der Waals surface area contributed by atoms with Crippen molar-refractivity contribution in [2.75, 3.05) is 7.11 Å². The fourth-order valence-electron chi connectivity index (χ4n) is 1.52. The molecule has 3 heteroatoms. The Bertz CT molecular complexity index is 321. The van der Waals surface area contributed by atoms with Crippen molar-refractivity contribution in [2.45, 2.75) is 20.0 Å². The fourth-order valence-corrected chi connectivity index (χ4v) is 1.90. The van der Waals surface area contributed by atoms with Crippen LogP contribution >= 0.6 is 8.46 Å². The molecule has 13 heavy (non-hydrogen) atoms. The summed E-state index contributed by atoms with van der Waals surface area (Å²) in [5.74, 6) is 0.856. The van der Waals surface area contributed by atoms with Crippen molar-refractivity contribution in [3.8, 4) is 5.75 Å². The molecule has 0 N–H and O–H groups in total. The highest BCUT2D eigenvalue weighted by molar-refractivity contribution is 7.22. The lowest BCUT2D eigenvalue weighted by Crippen LogP contribution is -1.93. The minimum Gasteiger partial charge on any atom is -0.496 e. The van der Waals surface area contributed by atoms with E-state index >= 15 is 0 Å². The molecule has 70 valence electrons. The Hall–Kier alpha value is -0.880. The summed E-state index contributed by atoms with van der Waals surface area (Å²) in [5.41, 5.74) is 3.29. The summed E-state index contributed by atoms with van der Waals surface area (Å²) in [6.45, 7) is 4.02. The van der Waals surface area contributed by atoms with Crippen molar-refractivity contribution in [3.63, 3.8) is 0 Å². The highest BCUT2D eigenvalue weighted by atomic mass is 31.1. The summed E-state index contributed by atoms with van der Waals surface area (Å²) in [5, 5.41) is 0. The van der Waals surface area contributed by atoms with E-state index in [1.165, 1.54) is 5.56 Å². The van der Waals surface area contributed by atoms with Gasteiger partial charge in [-0.2, -0.15) is 0 Å². The van der Waals surface area contributed by atoms with Crippen molar-refractivity contribution in [3.05, 3.63) is 28.8 Å². The number of rotatable bonds is 3.